The SMILES string of the molecule is CC/C=C\C/C=C\C/C=C\C/C=C\CCC(=O)OC(CCC)CCCC(=O)O. The third-order valence-corrected chi connectivity index (χ3v) is 4.06. The summed E-state index contributed by atoms with van der Waals surface area (Å²) in [6.07, 6.45) is 24.8. The molecule has 0 amide bonds. The van der Waals surface area contributed by atoms with E-state index in [2.05, 4.69) is 49.5 Å². The molecule has 0 fully saturated rings. The van der Waals surface area contributed by atoms with Gasteiger partial charge in [0.05, 0.1) is 0 Å². The maximum Gasteiger partial charge on any atom is 0.306 e. The Kier molecular flexibility index (Phi) is 18.2. The van der Waals surface area contributed by atoms with E-state index in [0.29, 0.717) is 25.7 Å². The summed E-state index contributed by atoms with van der Waals surface area (Å²) < 4.78 is 5.49. The van der Waals surface area contributed by atoms with Crippen molar-refractivity contribution in [3.63, 3.8) is 0 Å². The minimum Gasteiger partial charge on any atom is -0.481 e. The second-order valence-corrected chi connectivity index (χ2v) is 6.73. The monoisotopic (exact) mass is 390 g/mol. The first-order chi connectivity index (χ1) is 13.6. The van der Waals surface area contributed by atoms with Gasteiger partial charge in [0.25, 0.3) is 0 Å². The van der Waals surface area contributed by atoms with E-state index < -0.39 is 5.97 Å². The van der Waals surface area contributed by atoms with Crippen molar-refractivity contribution in [3.8, 4) is 0 Å². The Morgan fingerprint density at radius 1 is 0.821 bits per heavy atom. The molecule has 0 rings (SSSR count). The van der Waals surface area contributed by atoms with Gasteiger partial charge in [-0.05, 0) is 51.4 Å². The largest absolute Gasteiger partial charge is 0.481 e. The van der Waals surface area contributed by atoms with Crippen molar-refractivity contribution in [2.45, 2.75) is 90.6 Å². The van der Waals surface area contributed by atoms with E-state index in [-0.39, 0.29) is 18.5 Å². The topological polar surface area (TPSA) is 63.6 Å². The second kappa shape index (κ2) is 19.7. The Hall–Kier alpha value is -2.10. The van der Waals surface area contributed by atoms with Crippen molar-refractivity contribution in [2.24, 2.45) is 0 Å². The van der Waals surface area contributed by atoms with Crippen LogP contribution in [0.25, 0.3) is 0 Å². The van der Waals surface area contributed by atoms with E-state index in [1.165, 1.54) is 0 Å². The average molecular weight is 391 g/mol. The van der Waals surface area contributed by atoms with Gasteiger partial charge in [0.15, 0.2) is 0 Å². The van der Waals surface area contributed by atoms with E-state index in [0.717, 1.165) is 38.5 Å². The summed E-state index contributed by atoms with van der Waals surface area (Å²) in [6, 6.07) is 0. The summed E-state index contributed by atoms with van der Waals surface area (Å²) in [6.45, 7) is 4.17. The summed E-state index contributed by atoms with van der Waals surface area (Å²) in [5.41, 5.74) is 0. The predicted molar refractivity (Wildman–Crippen MR) is 116 cm³/mol. The van der Waals surface area contributed by atoms with Gasteiger partial charge in [0, 0.05) is 12.8 Å². The fraction of sp³-hybridized carbons (Fsp3) is 0.583. The summed E-state index contributed by atoms with van der Waals surface area (Å²) in [5, 5.41) is 8.70. The normalized spacial score (nSPS) is 13.2. The van der Waals surface area contributed by atoms with Gasteiger partial charge < -0.3 is 9.84 Å². The molecule has 4 nitrogen and oxygen atoms in total. The molecule has 0 aromatic carbocycles. The van der Waals surface area contributed by atoms with Gasteiger partial charge in [-0.2, -0.15) is 0 Å². The summed E-state index contributed by atoms with van der Waals surface area (Å²) >= 11 is 0. The lowest BCUT2D eigenvalue weighted by Gasteiger charge is -2.16. The molecular weight excluding hydrogens is 352 g/mol. The Bertz CT molecular complexity index is 515. The molecule has 4 heteroatoms. The Morgan fingerprint density at radius 3 is 1.93 bits per heavy atom. The van der Waals surface area contributed by atoms with Crippen molar-refractivity contribution in [2.75, 3.05) is 0 Å². The Balaban J connectivity index is 3.85. The highest BCUT2D eigenvalue weighted by Gasteiger charge is 2.13. The highest BCUT2D eigenvalue weighted by Crippen LogP contribution is 2.13. The first kappa shape index (κ1) is 25.9. The molecule has 1 N–H and O–H groups in total. The molecule has 158 valence electrons. The van der Waals surface area contributed by atoms with Crippen LogP contribution in [0.1, 0.15) is 84.5 Å². The molecule has 0 radical (unpaired) electrons. The molecule has 0 aliphatic heterocycles. The number of hydrogen-bond acceptors (Lipinski definition) is 3. The first-order valence-electron chi connectivity index (χ1n) is 10.6. The van der Waals surface area contributed by atoms with E-state index in [4.69, 9.17) is 9.84 Å². The fourth-order valence-corrected chi connectivity index (χ4v) is 2.61. The van der Waals surface area contributed by atoms with E-state index >= 15 is 0 Å². The minimum atomic E-state index is -0.805. The van der Waals surface area contributed by atoms with Crippen LogP contribution in [-0.4, -0.2) is 23.1 Å². The number of rotatable bonds is 17. The zero-order valence-corrected chi connectivity index (χ0v) is 17.6. The van der Waals surface area contributed by atoms with Gasteiger partial charge in [-0.1, -0.05) is 68.9 Å². The lowest BCUT2D eigenvalue weighted by Crippen LogP contribution is -2.18. The van der Waals surface area contributed by atoms with Crippen molar-refractivity contribution >= 4 is 11.9 Å². The number of aliphatic carboxylic acids is 1. The number of carbonyl (C=O) groups excluding carboxylic acids is 1. The molecule has 0 aromatic rings. The molecule has 28 heavy (non-hydrogen) atoms. The number of allylic oxidation sites excluding steroid dienone is 8. The molecule has 0 saturated carbocycles. The zero-order chi connectivity index (χ0) is 20.9. The van der Waals surface area contributed by atoms with Crippen molar-refractivity contribution in [3.05, 3.63) is 48.6 Å². The zero-order valence-electron chi connectivity index (χ0n) is 17.6. The lowest BCUT2D eigenvalue weighted by atomic mass is 10.1. The smallest absolute Gasteiger partial charge is 0.306 e. The molecule has 0 heterocycles. The van der Waals surface area contributed by atoms with E-state index in [9.17, 15) is 9.59 Å². The number of carbonyl (C=O) groups is 2. The molecule has 1 unspecified atom stereocenters. The van der Waals surface area contributed by atoms with Crippen LogP contribution in [0.5, 0.6) is 0 Å². The van der Waals surface area contributed by atoms with Gasteiger partial charge in [-0.15, -0.1) is 0 Å². The summed E-state index contributed by atoms with van der Waals surface area (Å²) in [5.74, 6) is -1.00. The van der Waals surface area contributed by atoms with Gasteiger partial charge >= 0.3 is 11.9 Å². The van der Waals surface area contributed by atoms with Crippen LogP contribution >= 0.6 is 0 Å². The van der Waals surface area contributed by atoms with E-state index in [1.54, 1.807) is 0 Å². The molecule has 0 aliphatic rings. The Labute approximate surface area is 171 Å². The minimum absolute atomic E-state index is 0.125. The molecule has 0 bridgehead atoms. The third kappa shape index (κ3) is 18.7. The predicted octanol–water partition coefficient (Wildman–Crippen LogP) is 6.54. The number of carboxylic acids is 1. The molecule has 1 atom stereocenters. The van der Waals surface area contributed by atoms with Gasteiger partial charge in [0.1, 0.15) is 6.10 Å². The van der Waals surface area contributed by atoms with Crippen LogP contribution in [0.3, 0.4) is 0 Å². The second-order valence-electron chi connectivity index (χ2n) is 6.73. The molecule has 0 saturated heterocycles. The van der Waals surface area contributed by atoms with Crippen LogP contribution in [-0.2, 0) is 14.3 Å². The first-order valence-corrected chi connectivity index (χ1v) is 10.6. The lowest BCUT2D eigenvalue weighted by molar-refractivity contribution is -0.149. The molecule has 0 aromatic heterocycles. The van der Waals surface area contributed by atoms with Gasteiger partial charge in [-0.25, -0.2) is 0 Å². The van der Waals surface area contributed by atoms with Gasteiger partial charge in [-0.3, -0.25) is 9.59 Å². The number of carboxylic acid groups (broad SMARTS) is 1. The molecular formula is C24H38O4. The highest BCUT2D eigenvalue weighted by atomic mass is 16.5. The average Bonchev–Trinajstić information content (AvgIpc) is 2.65. The number of esters is 1. The van der Waals surface area contributed by atoms with Crippen LogP contribution < -0.4 is 0 Å². The highest BCUT2D eigenvalue weighted by molar-refractivity contribution is 5.69. The summed E-state index contributed by atoms with van der Waals surface area (Å²) in [7, 11) is 0. The fourth-order valence-electron chi connectivity index (χ4n) is 2.61. The van der Waals surface area contributed by atoms with Crippen molar-refractivity contribution in [1.82, 2.24) is 0 Å². The quantitative estimate of drug-likeness (QED) is 0.226. The maximum atomic E-state index is 11.9. The maximum absolute atomic E-state index is 11.9. The number of hydrogen-bond donors (Lipinski definition) is 1. The molecule has 0 aliphatic carbocycles. The Morgan fingerprint density at radius 2 is 1.39 bits per heavy atom. The van der Waals surface area contributed by atoms with Crippen LogP contribution in [0.2, 0.25) is 0 Å². The van der Waals surface area contributed by atoms with Crippen LogP contribution in [0.15, 0.2) is 48.6 Å². The van der Waals surface area contributed by atoms with Crippen molar-refractivity contribution in [1.29, 1.82) is 0 Å². The van der Waals surface area contributed by atoms with E-state index in [1.807, 2.05) is 13.0 Å². The standard InChI is InChI=1S/C24H38O4/c1-3-5-6-7-8-9-10-11-12-13-14-15-16-21-24(27)28-22(18-4-2)19-17-20-23(25)26/h5-6,8-9,11-12,14-15,22H,3-4,7,10,13,16-21H2,1-2H3,(H,25,26)/b6-5-,9-8-,12-11-,15-14-. The number of ether oxygens (including phenoxy) is 1. The van der Waals surface area contributed by atoms with Gasteiger partial charge in [0.2, 0.25) is 0 Å². The van der Waals surface area contributed by atoms with Crippen molar-refractivity contribution < 1.29 is 19.4 Å². The van der Waals surface area contributed by atoms with Crippen LogP contribution in [0, 0.1) is 0 Å². The third-order valence-electron chi connectivity index (χ3n) is 4.06. The van der Waals surface area contributed by atoms with Crippen LogP contribution in [0.4, 0.5) is 0 Å². The summed E-state index contributed by atoms with van der Waals surface area (Å²) in [4.78, 5) is 22.5. The molecule has 0 spiro atoms.